The number of nitrogens with zero attached hydrogens (tertiary/aromatic N) is 6. The van der Waals surface area contributed by atoms with Crippen LogP contribution in [0.3, 0.4) is 0 Å². The Morgan fingerprint density at radius 1 is 1.30 bits per heavy atom. The Morgan fingerprint density at radius 2 is 2.09 bits per heavy atom. The van der Waals surface area contributed by atoms with Crippen LogP contribution in [0.2, 0.25) is 0 Å². The van der Waals surface area contributed by atoms with Crippen molar-refractivity contribution < 1.29 is 5.11 Å². The molecule has 1 unspecified atom stereocenters. The van der Waals surface area contributed by atoms with Gasteiger partial charge >= 0.3 is 0 Å². The lowest BCUT2D eigenvalue weighted by molar-refractivity contribution is 0.116. The van der Waals surface area contributed by atoms with Gasteiger partial charge in [0.15, 0.2) is 17.3 Å². The fourth-order valence-corrected chi connectivity index (χ4v) is 2.40. The van der Waals surface area contributed by atoms with Crippen molar-refractivity contribution in [3.8, 4) is 11.4 Å². The van der Waals surface area contributed by atoms with E-state index in [-0.39, 0.29) is 5.92 Å². The Kier molecular flexibility index (Phi) is 3.96. The first-order valence-corrected chi connectivity index (χ1v) is 7.52. The second-order valence-corrected chi connectivity index (χ2v) is 6.09. The van der Waals surface area contributed by atoms with Crippen molar-refractivity contribution in [2.75, 3.05) is 0 Å². The average Bonchev–Trinajstić information content (AvgIpc) is 3.11. The molecule has 3 aromatic rings. The summed E-state index contributed by atoms with van der Waals surface area (Å²) in [5.41, 5.74) is 2.57. The third-order valence-corrected chi connectivity index (χ3v) is 3.62. The van der Waals surface area contributed by atoms with Crippen LogP contribution in [-0.4, -0.2) is 34.5 Å². The molecule has 23 heavy (non-hydrogen) atoms. The second kappa shape index (κ2) is 5.92. The largest absolute Gasteiger partial charge is 0.385 e. The van der Waals surface area contributed by atoms with Crippen molar-refractivity contribution in [3.63, 3.8) is 0 Å². The van der Waals surface area contributed by atoms with E-state index in [0.29, 0.717) is 18.0 Å². The summed E-state index contributed by atoms with van der Waals surface area (Å²) in [6.07, 6.45) is 2.74. The minimum atomic E-state index is -0.673. The molecule has 0 aromatic carbocycles. The van der Waals surface area contributed by atoms with Gasteiger partial charge in [-0.05, 0) is 25.0 Å². The standard InChI is InChI=1S/C16H20N6O/c1-10(2)7-22-15(17-9-18-22)12-5-6-13-19-20-16(21(13)8-12)14(23)11(3)4/h5-6,8-9,11,14,23H,1,7H2,2-4H3. The van der Waals surface area contributed by atoms with Crippen molar-refractivity contribution in [2.45, 2.75) is 33.4 Å². The zero-order chi connectivity index (χ0) is 16.6. The van der Waals surface area contributed by atoms with Gasteiger partial charge in [0.05, 0.1) is 6.54 Å². The van der Waals surface area contributed by atoms with Crippen molar-refractivity contribution in [2.24, 2.45) is 5.92 Å². The van der Waals surface area contributed by atoms with Gasteiger partial charge in [-0.1, -0.05) is 26.0 Å². The van der Waals surface area contributed by atoms with E-state index in [0.717, 1.165) is 17.0 Å². The summed E-state index contributed by atoms with van der Waals surface area (Å²) in [6, 6.07) is 3.78. The molecule has 0 bridgehead atoms. The lowest BCUT2D eigenvalue weighted by atomic mass is 10.1. The molecule has 0 aliphatic carbocycles. The van der Waals surface area contributed by atoms with E-state index in [4.69, 9.17) is 0 Å². The van der Waals surface area contributed by atoms with E-state index in [9.17, 15) is 5.11 Å². The van der Waals surface area contributed by atoms with Crippen LogP contribution in [-0.2, 0) is 6.54 Å². The van der Waals surface area contributed by atoms with E-state index < -0.39 is 6.10 Å². The third kappa shape index (κ3) is 2.87. The molecule has 7 nitrogen and oxygen atoms in total. The van der Waals surface area contributed by atoms with Crippen molar-refractivity contribution in [3.05, 3.63) is 42.6 Å². The fraction of sp³-hybridized carbons (Fsp3) is 0.375. The number of rotatable bonds is 5. The van der Waals surface area contributed by atoms with E-state index in [1.165, 1.54) is 6.33 Å². The highest BCUT2D eigenvalue weighted by molar-refractivity contribution is 5.57. The highest BCUT2D eigenvalue weighted by atomic mass is 16.3. The van der Waals surface area contributed by atoms with Gasteiger partial charge in [-0.25, -0.2) is 9.67 Å². The van der Waals surface area contributed by atoms with Crippen LogP contribution in [0.4, 0.5) is 0 Å². The zero-order valence-corrected chi connectivity index (χ0v) is 13.5. The topological polar surface area (TPSA) is 81.1 Å². The van der Waals surface area contributed by atoms with Gasteiger partial charge in [0.1, 0.15) is 12.4 Å². The van der Waals surface area contributed by atoms with Gasteiger partial charge in [0.2, 0.25) is 0 Å². The van der Waals surface area contributed by atoms with Crippen molar-refractivity contribution in [1.82, 2.24) is 29.4 Å². The highest BCUT2D eigenvalue weighted by Gasteiger charge is 2.19. The van der Waals surface area contributed by atoms with Crippen LogP contribution in [0.5, 0.6) is 0 Å². The number of hydrogen-bond donors (Lipinski definition) is 1. The van der Waals surface area contributed by atoms with Gasteiger partial charge in [-0.15, -0.1) is 10.2 Å². The molecule has 1 atom stereocenters. The molecule has 0 radical (unpaired) electrons. The van der Waals surface area contributed by atoms with E-state index >= 15 is 0 Å². The number of allylic oxidation sites excluding steroid dienone is 1. The third-order valence-electron chi connectivity index (χ3n) is 3.62. The molecule has 0 spiro atoms. The summed E-state index contributed by atoms with van der Waals surface area (Å²) < 4.78 is 3.60. The molecule has 3 heterocycles. The summed E-state index contributed by atoms with van der Waals surface area (Å²) in [5, 5.41) is 22.8. The summed E-state index contributed by atoms with van der Waals surface area (Å²) in [6.45, 7) is 10.4. The van der Waals surface area contributed by atoms with Crippen LogP contribution >= 0.6 is 0 Å². The summed E-state index contributed by atoms with van der Waals surface area (Å²) in [7, 11) is 0. The molecule has 0 fully saturated rings. The Bertz CT molecular complexity index is 847. The maximum absolute atomic E-state index is 10.3. The molecule has 120 valence electrons. The maximum atomic E-state index is 10.3. The molecule has 1 N–H and O–H groups in total. The van der Waals surface area contributed by atoms with Gasteiger partial charge < -0.3 is 5.11 Å². The molecular formula is C16H20N6O. The number of aliphatic hydroxyl groups is 1. The number of pyridine rings is 1. The predicted octanol–water partition coefficient (Wildman–Crippen LogP) is 2.25. The smallest absolute Gasteiger partial charge is 0.166 e. The minimum absolute atomic E-state index is 0.0538. The van der Waals surface area contributed by atoms with Gasteiger partial charge in [-0.2, -0.15) is 5.10 Å². The number of hydrogen-bond acceptors (Lipinski definition) is 5. The van der Waals surface area contributed by atoms with Gasteiger partial charge in [-0.3, -0.25) is 4.40 Å². The average molecular weight is 312 g/mol. The predicted molar refractivity (Wildman–Crippen MR) is 86.6 cm³/mol. The van der Waals surface area contributed by atoms with Crippen LogP contribution < -0.4 is 0 Å². The van der Waals surface area contributed by atoms with E-state index in [2.05, 4.69) is 26.9 Å². The zero-order valence-electron chi connectivity index (χ0n) is 13.5. The molecule has 3 aromatic heterocycles. The number of fused-ring (bicyclic) bond motifs is 1. The van der Waals surface area contributed by atoms with Crippen LogP contribution in [0.25, 0.3) is 17.0 Å². The first kappa shape index (κ1) is 15.4. The van der Waals surface area contributed by atoms with Crippen molar-refractivity contribution >= 4 is 5.65 Å². The summed E-state index contributed by atoms with van der Waals surface area (Å²) in [5.74, 6) is 1.33. The summed E-state index contributed by atoms with van der Waals surface area (Å²) in [4.78, 5) is 4.33. The number of aliphatic hydroxyl groups excluding tert-OH is 1. The summed E-state index contributed by atoms with van der Waals surface area (Å²) >= 11 is 0. The van der Waals surface area contributed by atoms with E-state index in [1.54, 1.807) is 9.08 Å². The van der Waals surface area contributed by atoms with Gasteiger partial charge in [0.25, 0.3) is 0 Å². The Labute approximate surface area is 134 Å². The SMILES string of the molecule is C=C(C)Cn1ncnc1-c1ccc2nnc(C(O)C(C)C)n2c1. The van der Waals surface area contributed by atoms with Gasteiger partial charge in [0, 0.05) is 11.8 Å². The highest BCUT2D eigenvalue weighted by Crippen LogP contribution is 2.23. The normalized spacial score (nSPS) is 12.9. The fourth-order valence-electron chi connectivity index (χ4n) is 2.40. The molecule has 0 saturated heterocycles. The molecule has 0 saturated carbocycles. The Hall–Kier alpha value is -2.54. The first-order valence-electron chi connectivity index (χ1n) is 7.52. The first-order chi connectivity index (χ1) is 11.0. The lowest BCUT2D eigenvalue weighted by Crippen LogP contribution is -2.10. The number of aromatic nitrogens is 6. The Balaban J connectivity index is 2.08. The van der Waals surface area contributed by atoms with E-state index in [1.807, 2.05) is 39.1 Å². The molecule has 0 aliphatic rings. The molecule has 3 rings (SSSR count). The van der Waals surface area contributed by atoms with Crippen LogP contribution in [0, 0.1) is 5.92 Å². The lowest BCUT2D eigenvalue weighted by Gasteiger charge is -2.13. The maximum Gasteiger partial charge on any atom is 0.166 e. The van der Waals surface area contributed by atoms with Crippen LogP contribution in [0.15, 0.2) is 36.8 Å². The molecule has 0 amide bonds. The molecule has 0 aliphatic heterocycles. The quantitative estimate of drug-likeness (QED) is 0.731. The van der Waals surface area contributed by atoms with Crippen LogP contribution in [0.1, 0.15) is 32.7 Å². The molecular weight excluding hydrogens is 292 g/mol. The molecule has 7 heteroatoms. The second-order valence-electron chi connectivity index (χ2n) is 6.09. The monoisotopic (exact) mass is 312 g/mol. The van der Waals surface area contributed by atoms with Crippen molar-refractivity contribution in [1.29, 1.82) is 0 Å². The minimum Gasteiger partial charge on any atom is -0.385 e. The Morgan fingerprint density at radius 3 is 2.78 bits per heavy atom.